The molecule has 0 unspecified atom stereocenters. The van der Waals surface area contributed by atoms with Gasteiger partial charge in [0.05, 0.1) is 23.0 Å². The minimum Gasteiger partial charge on any atom is -0.381 e. The normalized spacial score (nSPS) is 12.3. The lowest BCUT2D eigenvalue weighted by atomic mass is 10.0. The van der Waals surface area contributed by atoms with Crippen molar-refractivity contribution in [3.8, 4) is 11.3 Å². The number of benzene rings is 2. The van der Waals surface area contributed by atoms with Crippen LogP contribution in [0.1, 0.15) is 11.1 Å². The number of nitrogens with two attached hydrogens (primary N) is 1. The molecule has 0 spiro atoms. The molecule has 0 aliphatic carbocycles. The van der Waals surface area contributed by atoms with Crippen LogP contribution in [-0.2, 0) is 12.4 Å². The molecule has 4 rings (SSSR count). The summed E-state index contributed by atoms with van der Waals surface area (Å²) in [6, 6.07) is 8.32. The maximum Gasteiger partial charge on any atom is 0.416 e. The van der Waals surface area contributed by atoms with Crippen molar-refractivity contribution in [3.63, 3.8) is 0 Å². The van der Waals surface area contributed by atoms with Crippen molar-refractivity contribution in [2.75, 3.05) is 11.1 Å². The number of aromatic amines is 1. The van der Waals surface area contributed by atoms with E-state index in [-0.39, 0.29) is 23.4 Å². The van der Waals surface area contributed by atoms with Crippen LogP contribution in [0, 0.1) is 0 Å². The molecule has 2 heterocycles. The fourth-order valence-electron chi connectivity index (χ4n) is 3.00. The first-order chi connectivity index (χ1) is 14.5. The third-order valence-electron chi connectivity index (χ3n) is 4.50. The van der Waals surface area contributed by atoms with Crippen LogP contribution in [-0.4, -0.2) is 15.0 Å². The maximum atomic E-state index is 13.1. The van der Waals surface area contributed by atoms with E-state index in [1.165, 1.54) is 0 Å². The predicted molar refractivity (Wildman–Crippen MR) is 103 cm³/mol. The standard InChI is InChI=1S/C20H13F6N5/c21-19(22,23)12-5-11(6-13(8-12)20(24,25)26)16-9-29-17(27)18(31-16)30-14-1-2-15-10(7-14)3-4-28-15/h1-9,28H,(H2,27,29)(H,30,31). The molecule has 2 aromatic heterocycles. The summed E-state index contributed by atoms with van der Waals surface area (Å²) in [6.45, 7) is 0. The van der Waals surface area contributed by atoms with Gasteiger partial charge >= 0.3 is 12.4 Å². The molecule has 4 N–H and O–H groups in total. The smallest absolute Gasteiger partial charge is 0.381 e. The zero-order valence-corrected chi connectivity index (χ0v) is 15.4. The number of fused-ring (bicyclic) bond motifs is 1. The molecule has 4 aromatic rings. The lowest BCUT2D eigenvalue weighted by Gasteiger charge is -2.15. The Morgan fingerprint density at radius 3 is 2.19 bits per heavy atom. The summed E-state index contributed by atoms with van der Waals surface area (Å²) in [5.74, 6) is -0.0701. The van der Waals surface area contributed by atoms with Crippen molar-refractivity contribution in [2.45, 2.75) is 12.4 Å². The summed E-state index contributed by atoms with van der Waals surface area (Å²) in [6.07, 6.45) is -7.17. The molecule has 0 atom stereocenters. The zero-order valence-electron chi connectivity index (χ0n) is 15.4. The number of halogens is 6. The van der Waals surface area contributed by atoms with Crippen molar-refractivity contribution in [1.29, 1.82) is 0 Å². The minimum absolute atomic E-state index is 0.00152. The van der Waals surface area contributed by atoms with Crippen LogP contribution in [0.15, 0.2) is 54.9 Å². The van der Waals surface area contributed by atoms with E-state index < -0.39 is 29.0 Å². The van der Waals surface area contributed by atoms with Crippen LogP contribution in [0.4, 0.5) is 43.7 Å². The third-order valence-corrected chi connectivity index (χ3v) is 4.50. The lowest BCUT2D eigenvalue weighted by molar-refractivity contribution is -0.143. The Labute approximate surface area is 170 Å². The number of hydrogen-bond acceptors (Lipinski definition) is 4. The molecule has 0 amide bonds. The van der Waals surface area contributed by atoms with Crippen molar-refractivity contribution in [3.05, 3.63) is 66.0 Å². The second kappa shape index (κ2) is 7.18. The van der Waals surface area contributed by atoms with E-state index in [2.05, 4.69) is 20.3 Å². The second-order valence-electron chi connectivity index (χ2n) is 6.69. The highest BCUT2D eigenvalue weighted by molar-refractivity contribution is 5.84. The van der Waals surface area contributed by atoms with E-state index in [9.17, 15) is 26.3 Å². The van der Waals surface area contributed by atoms with Gasteiger partial charge in [-0.3, -0.25) is 0 Å². The van der Waals surface area contributed by atoms with Gasteiger partial charge in [-0.25, -0.2) is 9.97 Å². The highest BCUT2D eigenvalue weighted by atomic mass is 19.4. The summed E-state index contributed by atoms with van der Waals surface area (Å²) in [4.78, 5) is 11.0. The van der Waals surface area contributed by atoms with Gasteiger partial charge in [0.1, 0.15) is 0 Å². The number of aromatic nitrogens is 3. The van der Waals surface area contributed by atoms with E-state index in [0.717, 1.165) is 17.1 Å². The summed E-state index contributed by atoms with van der Waals surface area (Å²) < 4.78 is 78.9. The maximum absolute atomic E-state index is 13.1. The summed E-state index contributed by atoms with van der Waals surface area (Å²) in [5, 5.41) is 3.77. The molecule has 0 saturated heterocycles. The Kier molecular flexibility index (Phi) is 4.75. The summed E-state index contributed by atoms with van der Waals surface area (Å²) in [5.41, 5.74) is 3.77. The Morgan fingerprint density at radius 2 is 1.55 bits per heavy atom. The van der Waals surface area contributed by atoms with E-state index in [4.69, 9.17) is 5.73 Å². The summed E-state index contributed by atoms with van der Waals surface area (Å²) in [7, 11) is 0. The molecule has 31 heavy (non-hydrogen) atoms. The van der Waals surface area contributed by atoms with Gasteiger partial charge in [-0.15, -0.1) is 0 Å². The summed E-state index contributed by atoms with van der Waals surface area (Å²) >= 11 is 0. The average Bonchev–Trinajstić information content (AvgIpc) is 3.16. The van der Waals surface area contributed by atoms with Gasteiger partial charge in [0.2, 0.25) is 0 Å². The van der Waals surface area contributed by atoms with Crippen LogP contribution in [0.25, 0.3) is 22.2 Å². The van der Waals surface area contributed by atoms with Crippen LogP contribution in [0.2, 0.25) is 0 Å². The van der Waals surface area contributed by atoms with Crippen molar-refractivity contribution >= 4 is 28.2 Å². The number of nitrogens with zero attached hydrogens (tertiary/aromatic N) is 2. The number of anilines is 3. The van der Waals surface area contributed by atoms with Crippen molar-refractivity contribution in [1.82, 2.24) is 15.0 Å². The van der Waals surface area contributed by atoms with Gasteiger partial charge < -0.3 is 16.0 Å². The van der Waals surface area contributed by atoms with Crippen molar-refractivity contribution < 1.29 is 26.3 Å². The first-order valence-corrected chi connectivity index (χ1v) is 8.77. The van der Waals surface area contributed by atoms with Gasteiger partial charge in [0.25, 0.3) is 0 Å². The Morgan fingerprint density at radius 1 is 0.871 bits per heavy atom. The monoisotopic (exact) mass is 437 g/mol. The van der Waals surface area contributed by atoms with Gasteiger partial charge in [0, 0.05) is 28.4 Å². The van der Waals surface area contributed by atoms with E-state index in [1.807, 2.05) is 6.07 Å². The number of H-pyrrole nitrogens is 1. The largest absolute Gasteiger partial charge is 0.416 e. The molecule has 0 radical (unpaired) electrons. The third kappa shape index (κ3) is 4.25. The molecule has 5 nitrogen and oxygen atoms in total. The molecular formula is C20H13F6N5. The molecule has 0 saturated carbocycles. The quantitative estimate of drug-likeness (QED) is 0.344. The molecule has 160 valence electrons. The van der Waals surface area contributed by atoms with Crippen molar-refractivity contribution in [2.24, 2.45) is 0 Å². The molecule has 0 fully saturated rings. The Bertz CT molecular complexity index is 1230. The van der Waals surface area contributed by atoms with Gasteiger partial charge in [-0.1, -0.05) is 0 Å². The Balaban J connectivity index is 1.76. The molecule has 2 aromatic carbocycles. The van der Waals surface area contributed by atoms with Gasteiger partial charge in [-0.05, 0) is 42.5 Å². The first kappa shape index (κ1) is 20.5. The first-order valence-electron chi connectivity index (χ1n) is 8.77. The van der Waals surface area contributed by atoms with Gasteiger partial charge in [-0.2, -0.15) is 26.3 Å². The fourth-order valence-corrected chi connectivity index (χ4v) is 3.00. The average molecular weight is 437 g/mol. The molecule has 0 bridgehead atoms. The van der Waals surface area contributed by atoms with Crippen LogP contribution >= 0.6 is 0 Å². The molecule has 0 aliphatic rings. The zero-order chi connectivity index (χ0) is 22.4. The topological polar surface area (TPSA) is 79.6 Å². The fraction of sp³-hybridized carbons (Fsp3) is 0.100. The predicted octanol–water partition coefficient (Wildman–Crippen LogP) is 5.99. The number of nitrogens with one attached hydrogen (secondary N) is 2. The minimum atomic E-state index is -4.97. The number of hydrogen-bond donors (Lipinski definition) is 3. The van der Waals surface area contributed by atoms with Crippen LogP contribution in [0.3, 0.4) is 0 Å². The highest BCUT2D eigenvalue weighted by Gasteiger charge is 2.37. The molecule has 11 heteroatoms. The number of alkyl halides is 6. The molecule has 0 aliphatic heterocycles. The highest BCUT2D eigenvalue weighted by Crippen LogP contribution is 2.38. The van der Waals surface area contributed by atoms with Crippen LogP contribution < -0.4 is 11.1 Å². The number of nitrogen functional groups attached to an aromatic ring is 1. The number of rotatable bonds is 3. The van der Waals surface area contributed by atoms with Gasteiger partial charge in [0.15, 0.2) is 11.6 Å². The van der Waals surface area contributed by atoms with E-state index in [0.29, 0.717) is 17.8 Å². The second-order valence-corrected chi connectivity index (χ2v) is 6.69. The lowest BCUT2D eigenvalue weighted by Crippen LogP contribution is -2.11. The van der Waals surface area contributed by atoms with E-state index >= 15 is 0 Å². The SMILES string of the molecule is Nc1ncc(-c2cc(C(F)(F)F)cc(C(F)(F)F)c2)nc1Nc1ccc2[nH]ccc2c1. The Hall–Kier alpha value is -3.76. The van der Waals surface area contributed by atoms with Crippen LogP contribution in [0.5, 0.6) is 0 Å². The van der Waals surface area contributed by atoms with E-state index in [1.54, 1.807) is 24.4 Å². The molecular weight excluding hydrogens is 424 g/mol.